The molecule has 4 nitrogen and oxygen atoms in total. The molecule has 2 rings (SSSR count). The van der Waals surface area contributed by atoms with Crippen LogP contribution in [-0.4, -0.2) is 13.5 Å². The van der Waals surface area contributed by atoms with Crippen LogP contribution in [0.25, 0.3) is 0 Å². The van der Waals surface area contributed by atoms with E-state index in [4.69, 9.17) is 4.52 Å². The molecule has 1 aromatic carbocycles. The van der Waals surface area contributed by atoms with Crippen molar-refractivity contribution < 1.29 is 4.52 Å². The van der Waals surface area contributed by atoms with Gasteiger partial charge in [-0.3, -0.25) is 4.51 Å². The van der Waals surface area contributed by atoms with Crippen LogP contribution in [0.4, 0.5) is 0 Å². The number of hydrogen-bond acceptors (Lipinski definition) is 2. The third-order valence-electron chi connectivity index (χ3n) is 1.32. The Morgan fingerprint density at radius 1 is 1.38 bits per heavy atom. The molecule has 0 aliphatic heterocycles. The van der Waals surface area contributed by atoms with E-state index < -0.39 is 8.08 Å². The van der Waals surface area contributed by atoms with Crippen LogP contribution in [0.3, 0.4) is 0 Å². The molecule has 1 aromatic heterocycles. The monoisotopic (exact) mass is 231 g/mol. The van der Waals surface area contributed by atoms with E-state index in [1.165, 1.54) is 0 Å². The predicted molar refractivity (Wildman–Crippen MR) is 57.8 cm³/mol. The maximum atomic E-state index is 5.60. The standard InChI is InChI=1S/C6H8N3OP3/c1-2-4-6(5-3-1)10-13-8-11-7-12-9-13/h1-5,8,11H,(H,7,9). The van der Waals surface area contributed by atoms with Crippen molar-refractivity contribution in [3.05, 3.63) is 30.3 Å². The van der Waals surface area contributed by atoms with Gasteiger partial charge in [-0.25, -0.2) is 0 Å². The minimum Gasteiger partial charge on any atom is -0.416 e. The summed E-state index contributed by atoms with van der Waals surface area (Å²) < 4.78 is 16.0. The summed E-state index contributed by atoms with van der Waals surface area (Å²) in [5.74, 6) is 0.867. The summed E-state index contributed by atoms with van der Waals surface area (Å²) in [5.41, 5.74) is 0. The number of benzene rings is 1. The van der Waals surface area contributed by atoms with Crippen LogP contribution in [0.1, 0.15) is 0 Å². The highest BCUT2D eigenvalue weighted by atomic mass is 31.2. The molecule has 13 heavy (non-hydrogen) atoms. The molecule has 0 saturated heterocycles. The summed E-state index contributed by atoms with van der Waals surface area (Å²) in [5, 5.41) is 0. The van der Waals surface area contributed by atoms with Crippen molar-refractivity contribution in [1.82, 2.24) is 13.5 Å². The normalized spacial score (nSPS) is 12.2. The zero-order valence-electron chi connectivity index (χ0n) is 6.64. The van der Waals surface area contributed by atoms with Crippen molar-refractivity contribution in [2.45, 2.75) is 0 Å². The lowest BCUT2D eigenvalue weighted by molar-refractivity contribution is 0.624. The second-order valence-electron chi connectivity index (χ2n) is 2.22. The number of hydrogen-bond donors (Lipinski definition) is 2. The van der Waals surface area contributed by atoms with Gasteiger partial charge in [-0.15, -0.1) is 4.51 Å². The van der Waals surface area contributed by atoms with Crippen LogP contribution in [0.15, 0.2) is 30.3 Å². The van der Waals surface area contributed by atoms with Crippen molar-refractivity contribution in [2.75, 3.05) is 0 Å². The number of para-hydroxylation sites is 1. The van der Waals surface area contributed by atoms with Crippen molar-refractivity contribution in [3.8, 4) is 5.75 Å². The fourth-order valence-corrected chi connectivity index (χ4v) is 4.18. The summed E-state index contributed by atoms with van der Waals surface area (Å²) in [7, 11) is 0.603. The minimum absolute atomic E-state index is 0.531. The van der Waals surface area contributed by atoms with Gasteiger partial charge in [-0.1, -0.05) is 18.2 Å². The summed E-state index contributed by atoms with van der Waals surface area (Å²) in [6, 6.07) is 9.73. The van der Waals surface area contributed by atoms with Crippen molar-refractivity contribution in [3.63, 3.8) is 0 Å². The van der Waals surface area contributed by atoms with Gasteiger partial charge in [0.25, 0.3) is 8.08 Å². The largest absolute Gasteiger partial charge is 0.416 e. The quantitative estimate of drug-likeness (QED) is 0.832. The maximum Gasteiger partial charge on any atom is 0.263 e. The molecule has 0 saturated carbocycles. The molecule has 0 aliphatic carbocycles. The van der Waals surface area contributed by atoms with Gasteiger partial charge in [0.2, 0.25) is 0 Å². The smallest absolute Gasteiger partial charge is 0.263 e. The average molecular weight is 231 g/mol. The molecule has 0 aliphatic rings. The summed E-state index contributed by atoms with van der Waals surface area (Å²) in [4.78, 5) is 0. The van der Waals surface area contributed by atoms with Crippen LogP contribution in [0.2, 0.25) is 0 Å². The molecule has 2 atom stereocenters. The van der Waals surface area contributed by atoms with E-state index in [-0.39, 0.29) is 0 Å². The van der Waals surface area contributed by atoms with E-state index in [2.05, 4.69) is 13.5 Å². The highest BCUT2D eigenvalue weighted by Gasteiger charge is 1.94. The second-order valence-corrected chi connectivity index (χ2v) is 5.90. The fraction of sp³-hybridized carbons (Fsp3) is 0. The first-order valence-electron chi connectivity index (χ1n) is 3.64. The molecule has 1 heterocycles. The van der Waals surface area contributed by atoms with E-state index in [0.717, 1.165) is 14.3 Å². The Hall–Kier alpha value is -0.680. The lowest BCUT2D eigenvalue weighted by Gasteiger charge is -2.02. The van der Waals surface area contributed by atoms with E-state index in [9.17, 15) is 0 Å². The topological polar surface area (TPSA) is 53.7 Å². The van der Waals surface area contributed by atoms with Crippen molar-refractivity contribution in [1.29, 1.82) is 0 Å². The minimum atomic E-state index is -0.836. The first-order valence-corrected chi connectivity index (χ1v) is 6.70. The van der Waals surface area contributed by atoms with Gasteiger partial charge in [0.15, 0.2) is 0 Å². The number of nitrogens with one attached hydrogen (secondary N) is 2. The lowest BCUT2D eigenvalue weighted by Crippen LogP contribution is -1.80. The van der Waals surface area contributed by atoms with Crippen molar-refractivity contribution >= 4 is 25.1 Å². The Kier molecular flexibility index (Phi) is 3.10. The van der Waals surface area contributed by atoms with Gasteiger partial charge in [-0.2, -0.15) is 0 Å². The predicted octanol–water partition coefficient (Wildman–Crippen LogP) is 3.30. The number of H-pyrrole nitrogens is 2. The number of aromatic amines is 2. The number of rotatable bonds is 2. The van der Waals surface area contributed by atoms with Crippen LogP contribution >= 0.6 is 25.1 Å². The van der Waals surface area contributed by atoms with Crippen molar-refractivity contribution in [2.24, 2.45) is 0 Å². The third kappa shape index (κ3) is 2.63. The Morgan fingerprint density at radius 2 is 2.23 bits per heavy atom. The maximum absolute atomic E-state index is 5.60. The van der Waals surface area contributed by atoms with Gasteiger partial charge < -0.3 is 9.03 Å². The Labute approximate surface area is 79.8 Å². The van der Waals surface area contributed by atoms with Gasteiger partial charge in [0.05, 0.1) is 0 Å². The van der Waals surface area contributed by atoms with Crippen LogP contribution < -0.4 is 4.52 Å². The molecule has 2 unspecified atom stereocenters. The van der Waals surface area contributed by atoms with Crippen LogP contribution in [0.5, 0.6) is 5.75 Å². The number of aromatic nitrogens is 3. The first kappa shape index (κ1) is 8.90. The molecule has 68 valence electrons. The van der Waals surface area contributed by atoms with E-state index in [1.54, 1.807) is 0 Å². The highest BCUT2D eigenvalue weighted by molar-refractivity contribution is 7.50. The average Bonchev–Trinajstić information content (AvgIpc) is 2.21. The van der Waals surface area contributed by atoms with Crippen LogP contribution in [0, 0.1) is 0 Å². The van der Waals surface area contributed by atoms with E-state index >= 15 is 0 Å². The number of nitrogens with zero attached hydrogens (tertiary/aromatic N) is 1. The zero-order valence-corrected chi connectivity index (χ0v) is 9.43. The summed E-state index contributed by atoms with van der Waals surface area (Å²) in [6.07, 6.45) is 0. The van der Waals surface area contributed by atoms with Gasteiger partial charge >= 0.3 is 0 Å². The Morgan fingerprint density at radius 3 is 2.92 bits per heavy atom. The zero-order chi connectivity index (χ0) is 8.93. The fourth-order valence-electron chi connectivity index (χ4n) is 0.805. The molecule has 0 amide bonds. The molecular formula is C6H8N3OP3. The second kappa shape index (κ2) is 4.53. The Balaban J connectivity index is 2.16. The molecule has 0 spiro atoms. The summed E-state index contributed by atoms with van der Waals surface area (Å²) >= 11 is 0. The molecule has 7 heteroatoms. The van der Waals surface area contributed by atoms with Crippen LogP contribution in [-0.2, 0) is 0 Å². The van der Waals surface area contributed by atoms with E-state index in [0.29, 0.717) is 8.51 Å². The molecule has 0 radical (unpaired) electrons. The van der Waals surface area contributed by atoms with E-state index in [1.807, 2.05) is 30.3 Å². The highest BCUT2D eigenvalue weighted by Crippen LogP contribution is 2.26. The first-order chi connectivity index (χ1) is 6.45. The molecule has 0 fully saturated rings. The summed E-state index contributed by atoms with van der Waals surface area (Å²) in [6.45, 7) is 0. The SMILES string of the molecule is c1ccc(Op2np[nH][pH][nH]2)cc1. The van der Waals surface area contributed by atoms with Gasteiger partial charge in [0.1, 0.15) is 14.3 Å². The lowest BCUT2D eigenvalue weighted by atomic mass is 10.3. The molecular weight excluding hydrogens is 223 g/mol. The van der Waals surface area contributed by atoms with Gasteiger partial charge in [-0.05, 0) is 12.1 Å². The molecule has 2 aromatic rings. The molecule has 2 N–H and O–H groups in total. The molecule has 0 bridgehead atoms. The van der Waals surface area contributed by atoms with Gasteiger partial charge in [0, 0.05) is 8.51 Å². The Bertz CT molecular complexity index is 334. The third-order valence-corrected chi connectivity index (χ3v) is 4.77.